The van der Waals surface area contributed by atoms with Gasteiger partial charge in [0.25, 0.3) is 0 Å². The summed E-state index contributed by atoms with van der Waals surface area (Å²) in [6.07, 6.45) is -8.97. The summed E-state index contributed by atoms with van der Waals surface area (Å²) in [5.74, 6) is -9.25. The maximum Gasteiger partial charge on any atom is 0.640 e. The molecule has 0 unspecified atom stereocenters. The van der Waals surface area contributed by atoms with Gasteiger partial charge in [-0.2, -0.15) is 0 Å². The van der Waals surface area contributed by atoms with Gasteiger partial charge in [-0.15, -0.1) is 0 Å². The van der Waals surface area contributed by atoms with Crippen molar-refractivity contribution in [1.29, 1.82) is 0 Å². The van der Waals surface area contributed by atoms with Gasteiger partial charge in [0.1, 0.15) is 19.7 Å². The molecule has 0 fully saturated rings. The maximum atomic E-state index is 13.4. The molecule has 0 amide bonds. The van der Waals surface area contributed by atoms with Gasteiger partial charge in [0.15, 0.2) is 0 Å². The summed E-state index contributed by atoms with van der Waals surface area (Å²) in [4.78, 5) is 32.5. The number of rotatable bonds is 9. The Morgan fingerprint density at radius 3 is 1.05 bits per heavy atom. The lowest BCUT2D eigenvalue weighted by atomic mass is 10.0. The first kappa shape index (κ1) is 19.4. The number of alkyl halides is 2. The first-order valence-electron chi connectivity index (χ1n) is 5.14. The third-order valence-electron chi connectivity index (χ3n) is 2.59. The number of aliphatic hydroxyl groups excluding tert-OH is 2. The molecule has 0 spiro atoms. The van der Waals surface area contributed by atoms with Crippen molar-refractivity contribution in [3.8, 4) is 0 Å². The van der Waals surface area contributed by atoms with Crippen molar-refractivity contribution >= 4 is 0 Å². The minimum Gasteiger partial charge on any atom is -0.376 e. The topological polar surface area (TPSA) is 213 Å². The first-order valence-corrected chi connectivity index (χ1v) is 5.14. The highest BCUT2D eigenvalue weighted by Crippen LogP contribution is 2.26. The summed E-state index contributed by atoms with van der Waals surface area (Å²) in [5.41, 5.74) is 0. The van der Waals surface area contributed by atoms with Crippen molar-refractivity contribution in [3.63, 3.8) is 0 Å². The number of nitrogens with zero attached hydrogens (tertiary/aromatic N) is 4. The van der Waals surface area contributed by atoms with Gasteiger partial charge in [-0.3, -0.25) is 40.5 Å². The largest absolute Gasteiger partial charge is 0.640 e. The number of aliphatic hydroxyl groups is 2. The van der Waals surface area contributed by atoms with Crippen LogP contribution in [0, 0.1) is 40.5 Å². The number of hydrogen-bond donors (Lipinski definition) is 2. The van der Waals surface area contributed by atoms with Crippen LogP contribution in [-0.2, 0) is 0 Å². The Morgan fingerprint density at radius 1 is 0.727 bits per heavy atom. The molecular weight excluding hydrogens is 326 g/mol. The molecule has 0 aliphatic heterocycles. The van der Waals surface area contributed by atoms with E-state index in [2.05, 4.69) is 0 Å². The molecule has 2 N–H and O–H groups in total. The van der Waals surface area contributed by atoms with E-state index in [0.29, 0.717) is 0 Å². The smallest absolute Gasteiger partial charge is 0.376 e. The minimum absolute atomic E-state index is 1.44. The van der Waals surface area contributed by atoms with Crippen LogP contribution in [-0.4, -0.2) is 53.9 Å². The van der Waals surface area contributed by atoms with E-state index in [0.717, 1.165) is 0 Å². The Hall–Kier alpha value is -2.62. The van der Waals surface area contributed by atoms with Crippen LogP contribution in [0.1, 0.15) is 12.8 Å². The highest BCUT2D eigenvalue weighted by molar-refractivity contribution is 4.73. The highest BCUT2D eigenvalue weighted by Gasteiger charge is 2.67. The fourth-order valence-electron chi connectivity index (χ4n) is 1.30. The standard InChI is InChI=1S/C6H8F2N4O10/c7-5(9(15)16,10(17)18)3(13)1-2-4(14)6(8,11(19)20)12(21)22/h3-4,13-14H,1-2H2/t3-,4-/m0/s1. The third kappa shape index (κ3) is 3.17. The molecule has 2 atom stereocenters. The van der Waals surface area contributed by atoms with Crippen LogP contribution >= 0.6 is 0 Å². The fraction of sp³-hybridized carbons (Fsp3) is 1.00. The van der Waals surface area contributed by atoms with Crippen molar-refractivity contribution < 1.29 is 38.7 Å². The Morgan fingerprint density at radius 2 is 0.909 bits per heavy atom. The molecule has 0 aromatic heterocycles. The van der Waals surface area contributed by atoms with E-state index in [1.54, 1.807) is 0 Å². The van der Waals surface area contributed by atoms with E-state index >= 15 is 0 Å². The van der Waals surface area contributed by atoms with Crippen LogP contribution in [0.2, 0.25) is 0 Å². The number of hydrogen-bond acceptors (Lipinski definition) is 10. The monoisotopic (exact) mass is 334 g/mol. The van der Waals surface area contributed by atoms with Crippen molar-refractivity contribution in [2.24, 2.45) is 0 Å². The van der Waals surface area contributed by atoms with E-state index in [1.807, 2.05) is 0 Å². The molecule has 0 aromatic rings. The maximum absolute atomic E-state index is 13.4. The SMILES string of the molecule is O=[N+]([O-])C(F)([C@@H](O)CC[C@H](O)C(F)([N+](=O)[O-])[N+](=O)[O-])[N+](=O)[O-]. The summed E-state index contributed by atoms with van der Waals surface area (Å²) in [7, 11) is 0. The predicted molar refractivity (Wildman–Crippen MR) is 56.9 cm³/mol. The van der Waals surface area contributed by atoms with Crippen molar-refractivity contribution in [2.45, 2.75) is 36.9 Å². The third-order valence-corrected chi connectivity index (χ3v) is 2.59. The molecule has 126 valence electrons. The molecule has 0 heterocycles. The summed E-state index contributed by atoms with van der Waals surface area (Å²) < 4.78 is 26.8. The highest BCUT2D eigenvalue weighted by atomic mass is 19.2. The lowest BCUT2D eigenvalue weighted by Gasteiger charge is -2.17. The molecule has 22 heavy (non-hydrogen) atoms. The van der Waals surface area contributed by atoms with Gasteiger partial charge in [0.2, 0.25) is 12.2 Å². The molecule has 0 saturated heterocycles. The Labute approximate surface area is 117 Å². The van der Waals surface area contributed by atoms with Crippen LogP contribution in [0.3, 0.4) is 0 Å². The van der Waals surface area contributed by atoms with E-state index in [-0.39, 0.29) is 0 Å². The number of halogens is 2. The number of nitro groups is 4. The summed E-state index contributed by atoms with van der Waals surface area (Å²) in [6, 6.07) is 0. The second-order valence-electron chi connectivity index (χ2n) is 3.91. The normalized spacial score (nSPS) is 14.9. The quantitative estimate of drug-likeness (QED) is 0.223. The summed E-state index contributed by atoms with van der Waals surface area (Å²) in [5, 5.41) is 59.1. The summed E-state index contributed by atoms with van der Waals surface area (Å²) >= 11 is 0. The van der Waals surface area contributed by atoms with E-state index in [9.17, 15) is 49.2 Å². The van der Waals surface area contributed by atoms with Gasteiger partial charge in [-0.05, 0) is 12.8 Å². The zero-order valence-corrected chi connectivity index (χ0v) is 10.3. The average Bonchev–Trinajstić information content (AvgIpc) is 2.40. The van der Waals surface area contributed by atoms with Gasteiger partial charge in [0, 0.05) is 0 Å². The average molecular weight is 334 g/mol. The van der Waals surface area contributed by atoms with Gasteiger partial charge >= 0.3 is 11.8 Å². The van der Waals surface area contributed by atoms with Gasteiger partial charge < -0.3 is 10.2 Å². The zero-order valence-electron chi connectivity index (χ0n) is 10.3. The second kappa shape index (κ2) is 6.43. The van der Waals surface area contributed by atoms with Gasteiger partial charge in [-0.25, -0.2) is 0 Å². The Balaban J connectivity index is 5.15. The predicted octanol–water partition coefficient (Wildman–Crippen LogP) is -1.16. The van der Waals surface area contributed by atoms with Crippen molar-refractivity contribution in [1.82, 2.24) is 0 Å². The Kier molecular flexibility index (Phi) is 5.67. The van der Waals surface area contributed by atoms with Crippen LogP contribution in [0.5, 0.6) is 0 Å². The molecule has 0 aliphatic rings. The van der Waals surface area contributed by atoms with Crippen LogP contribution in [0.25, 0.3) is 0 Å². The molecule has 0 aliphatic carbocycles. The lowest BCUT2D eigenvalue weighted by molar-refractivity contribution is -0.844. The lowest BCUT2D eigenvalue weighted by Crippen LogP contribution is -2.54. The van der Waals surface area contributed by atoms with E-state index in [4.69, 9.17) is 10.2 Å². The Bertz CT molecular complexity index is 428. The van der Waals surface area contributed by atoms with Crippen LogP contribution in [0.4, 0.5) is 8.78 Å². The fourth-order valence-corrected chi connectivity index (χ4v) is 1.30. The minimum atomic E-state index is -4.62. The van der Waals surface area contributed by atoms with Crippen molar-refractivity contribution in [2.75, 3.05) is 0 Å². The van der Waals surface area contributed by atoms with Crippen LogP contribution < -0.4 is 0 Å². The first-order chi connectivity index (χ1) is 9.82. The molecule has 0 rings (SSSR count). The molecule has 0 radical (unpaired) electrons. The van der Waals surface area contributed by atoms with E-state index < -0.39 is 56.6 Å². The van der Waals surface area contributed by atoms with Crippen LogP contribution in [0.15, 0.2) is 0 Å². The van der Waals surface area contributed by atoms with Crippen molar-refractivity contribution in [3.05, 3.63) is 40.5 Å². The van der Waals surface area contributed by atoms with Gasteiger partial charge in [0.05, 0.1) is 0 Å². The molecular formula is C6H8F2N4O10. The molecule has 16 heteroatoms. The molecule has 0 saturated carbocycles. The van der Waals surface area contributed by atoms with E-state index in [1.165, 1.54) is 0 Å². The second-order valence-corrected chi connectivity index (χ2v) is 3.91. The molecule has 14 nitrogen and oxygen atoms in total. The zero-order chi connectivity index (χ0) is 17.9. The molecule has 0 bridgehead atoms. The van der Waals surface area contributed by atoms with Gasteiger partial charge in [-0.1, -0.05) is 8.78 Å². The molecule has 0 aromatic carbocycles. The summed E-state index contributed by atoms with van der Waals surface area (Å²) in [6.45, 7) is 0.